The molecule has 0 bridgehead atoms. The highest BCUT2D eigenvalue weighted by atomic mass is 16.5. The van der Waals surface area contributed by atoms with Crippen LogP contribution in [0.1, 0.15) is 12.5 Å². The van der Waals surface area contributed by atoms with Gasteiger partial charge in [-0.1, -0.05) is 18.2 Å². The van der Waals surface area contributed by atoms with Crippen molar-refractivity contribution in [3.05, 3.63) is 54.1 Å². The molecule has 6 heteroatoms. The Morgan fingerprint density at radius 2 is 1.78 bits per heavy atom. The monoisotopic (exact) mass is 368 g/mol. The number of rotatable bonds is 7. The van der Waals surface area contributed by atoms with E-state index in [0.717, 1.165) is 17.9 Å². The van der Waals surface area contributed by atoms with Crippen molar-refractivity contribution < 1.29 is 19.1 Å². The highest BCUT2D eigenvalue weighted by Crippen LogP contribution is 2.27. The number of carbonyl (C=O) groups is 2. The predicted octanol–water partition coefficient (Wildman–Crippen LogP) is 2.51. The summed E-state index contributed by atoms with van der Waals surface area (Å²) in [4.78, 5) is 27.9. The smallest absolute Gasteiger partial charge is 0.246 e. The van der Waals surface area contributed by atoms with Crippen LogP contribution in [0.3, 0.4) is 0 Å². The molecule has 1 heterocycles. The molecule has 0 aromatic heterocycles. The van der Waals surface area contributed by atoms with Gasteiger partial charge < -0.3 is 19.3 Å². The number of anilines is 1. The summed E-state index contributed by atoms with van der Waals surface area (Å²) >= 11 is 0. The lowest BCUT2D eigenvalue weighted by atomic mass is 10.2. The van der Waals surface area contributed by atoms with Crippen LogP contribution in [-0.2, 0) is 16.0 Å². The number of methoxy groups -OCH3 is 1. The van der Waals surface area contributed by atoms with Crippen molar-refractivity contribution in [1.29, 1.82) is 0 Å². The Kier molecular flexibility index (Phi) is 5.96. The molecule has 2 aromatic carbocycles. The molecule has 0 radical (unpaired) electrons. The van der Waals surface area contributed by atoms with E-state index in [4.69, 9.17) is 9.47 Å². The Morgan fingerprint density at radius 3 is 2.48 bits per heavy atom. The molecule has 2 aromatic rings. The third-order valence-electron chi connectivity index (χ3n) is 4.65. The van der Waals surface area contributed by atoms with Crippen LogP contribution in [0.15, 0.2) is 48.5 Å². The van der Waals surface area contributed by atoms with Gasteiger partial charge in [-0.3, -0.25) is 9.59 Å². The number of carbonyl (C=O) groups excluding carboxylic acids is 2. The molecule has 142 valence electrons. The summed E-state index contributed by atoms with van der Waals surface area (Å²) in [5.74, 6) is 1.23. The molecule has 2 amide bonds. The van der Waals surface area contributed by atoms with Gasteiger partial charge in [-0.15, -0.1) is 0 Å². The lowest BCUT2D eigenvalue weighted by Crippen LogP contribution is -2.43. The number of para-hydroxylation sites is 1. The lowest BCUT2D eigenvalue weighted by Gasteiger charge is -2.24. The topological polar surface area (TPSA) is 59.1 Å². The molecular formula is C21H24N2O4. The summed E-state index contributed by atoms with van der Waals surface area (Å²) in [5, 5.41) is 0. The molecular weight excluding hydrogens is 344 g/mol. The first kappa shape index (κ1) is 18.8. The minimum atomic E-state index is -0.144. The molecule has 0 unspecified atom stereocenters. The van der Waals surface area contributed by atoms with Crippen molar-refractivity contribution in [1.82, 2.24) is 4.90 Å². The summed E-state index contributed by atoms with van der Waals surface area (Å²) in [5.41, 5.74) is 2.11. The highest BCUT2D eigenvalue weighted by molar-refractivity contribution is 5.98. The Morgan fingerprint density at radius 1 is 1.07 bits per heavy atom. The number of benzene rings is 2. The normalized spacial score (nSPS) is 12.4. The van der Waals surface area contributed by atoms with Gasteiger partial charge in [-0.25, -0.2) is 0 Å². The summed E-state index contributed by atoms with van der Waals surface area (Å²) < 4.78 is 10.8. The fourth-order valence-electron chi connectivity index (χ4n) is 3.14. The first-order valence-electron chi connectivity index (χ1n) is 8.99. The fourth-order valence-corrected chi connectivity index (χ4v) is 3.14. The zero-order chi connectivity index (χ0) is 19.2. The molecule has 1 aliphatic heterocycles. The van der Waals surface area contributed by atoms with Crippen LogP contribution in [0.25, 0.3) is 0 Å². The van der Waals surface area contributed by atoms with E-state index in [0.29, 0.717) is 25.4 Å². The Hall–Kier alpha value is -3.02. The van der Waals surface area contributed by atoms with Gasteiger partial charge in [-0.05, 0) is 42.3 Å². The standard InChI is InChI=1S/C21H24N2O4/c1-16(24)22(13-14-27-19-9-7-18(26-2)8-10-19)15-21(25)23-12-11-17-5-3-4-6-20(17)23/h3-10H,11-15H2,1-2H3. The van der Waals surface area contributed by atoms with E-state index < -0.39 is 0 Å². The van der Waals surface area contributed by atoms with E-state index in [-0.39, 0.29) is 18.4 Å². The van der Waals surface area contributed by atoms with Gasteiger partial charge in [-0.2, -0.15) is 0 Å². The number of ether oxygens (including phenoxy) is 2. The summed E-state index contributed by atoms with van der Waals surface area (Å²) in [6, 6.07) is 15.1. The van der Waals surface area contributed by atoms with Crippen molar-refractivity contribution in [3.8, 4) is 11.5 Å². The number of nitrogens with zero attached hydrogens (tertiary/aromatic N) is 2. The third-order valence-corrected chi connectivity index (χ3v) is 4.65. The summed E-state index contributed by atoms with van der Waals surface area (Å²) in [6.45, 7) is 2.85. The second kappa shape index (κ2) is 8.58. The van der Waals surface area contributed by atoms with Crippen LogP contribution in [0.2, 0.25) is 0 Å². The van der Waals surface area contributed by atoms with Gasteiger partial charge in [0, 0.05) is 19.2 Å². The molecule has 0 saturated carbocycles. The Balaban J connectivity index is 1.54. The molecule has 0 spiro atoms. The van der Waals surface area contributed by atoms with Crippen molar-refractivity contribution >= 4 is 17.5 Å². The zero-order valence-corrected chi connectivity index (χ0v) is 15.7. The molecule has 27 heavy (non-hydrogen) atoms. The molecule has 0 aliphatic carbocycles. The van der Waals surface area contributed by atoms with Crippen LogP contribution in [0.5, 0.6) is 11.5 Å². The Bertz CT molecular complexity index is 804. The molecule has 1 aliphatic rings. The molecule has 0 saturated heterocycles. The SMILES string of the molecule is COc1ccc(OCCN(CC(=O)N2CCc3ccccc32)C(C)=O)cc1. The van der Waals surface area contributed by atoms with Gasteiger partial charge >= 0.3 is 0 Å². The van der Waals surface area contributed by atoms with Crippen molar-refractivity contribution in [3.63, 3.8) is 0 Å². The average Bonchev–Trinajstić information content (AvgIpc) is 3.12. The maximum atomic E-state index is 12.7. The van der Waals surface area contributed by atoms with Gasteiger partial charge in [0.25, 0.3) is 0 Å². The van der Waals surface area contributed by atoms with E-state index in [1.54, 1.807) is 12.0 Å². The molecule has 3 rings (SSSR count). The number of amides is 2. The minimum Gasteiger partial charge on any atom is -0.497 e. The minimum absolute atomic E-state index is 0.0512. The van der Waals surface area contributed by atoms with E-state index in [1.165, 1.54) is 17.4 Å². The quantitative estimate of drug-likeness (QED) is 0.754. The second-order valence-corrected chi connectivity index (χ2v) is 6.39. The molecule has 0 N–H and O–H groups in total. The van der Waals surface area contributed by atoms with Crippen molar-refractivity contribution in [2.75, 3.05) is 38.3 Å². The van der Waals surface area contributed by atoms with E-state index >= 15 is 0 Å². The van der Waals surface area contributed by atoms with Crippen LogP contribution >= 0.6 is 0 Å². The first-order chi connectivity index (χ1) is 13.1. The zero-order valence-electron chi connectivity index (χ0n) is 15.7. The van der Waals surface area contributed by atoms with Crippen molar-refractivity contribution in [2.24, 2.45) is 0 Å². The molecule has 0 fully saturated rings. The van der Waals surface area contributed by atoms with Crippen LogP contribution in [-0.4, -0.2) is 50.1 Å². The summed E-state index contributed by atoms with van der Waals surface area (Å²) in [7, 11) is 1.61. The van der Waals surface area contributed by atoms with E-state index in [9.17, 15) is 9.59 Å². The number of hydrogen-bond donors (Lipinski definition) is 0. The number of hydrogen-bond acceptors (Lipinski definition) is 4. The molecule has 0 atom stereocenters. The predicted molar refractivity (Wildman–Crippen MR) is 103 cm³/mol. The second-order valence-electron chi connectivity index (χ2n) is 6.39. The van der Waals surface area contributed by atoms with Crippen molar-refractivity contribution in [2.45, 2.75) is 13.3 Å². The van der Waals surface area contributed by atoms with Crippen LogP contribution in [0, 0.1) is 0 Å². The van der Waals surface area contributed by atoms with Crippen LogP contribution < -0.4 is 14.4 Å². The molecule has 6 nitrogen and oxygen atoms in total. The average molecular weight is 368 g/mol. The number of fused-ring (bicyclic) bond motifs is 1. The first-order valence-corrected chi connectivity index (χ1v) is 8.99. The lowest BCUT2D eigenvalue weighted by molar-refractivity contribution is -0.133. The van der Waals surface area contributed by atoms with Gasteiger partial charge in [0.1, 0.15) is 24.7 Å². The maximum absolute atomic E-state index is 12.7. The van der Waals surface area contributed by atoms with Crippen LogP contribution in [0.4, 0.5) is 5.69 Å². The van der Waals surface area contributed by atoms with E-state index in [1.807, 2.05) is 48.5 Å². The third kappa shape index (κ3) is 4.58. The largest absolute Gasteiger partial charge is 0.497 e. The Labute approximate surface area is 159 Å². The van der Waals surface area contributed by atoms with Gasteiger partial charge in [0.2, 0.25) is 11.8 Å². The maximum Gasteiger partial charge on any atom is 0.246 e. The fraction of sp³-hybridized carbons (Fsp3) is 0.333. The van der Waals surface area contributed by atoms with Gasteiger partial charge in [0.05, 0.1) is 13.7 Å². The summed E-state index contributed by atoms with van der Waals surface area (Å²) in [6.07, 6.45) is 0.850. The van der Waals surface area contributed by atoms with Gasteiger partial charge in [0.15, 0.2) is 0 Å². The van der Waals surface area contributed by atoms with E-state index in [2.05, 4.69) is 0 Å². The highest BCUT2D eigenvalue weighted by Gasteiger charge is 2.26.